The van der Waals surface area contributed by atoms with Gasteiger partial charge < -0.3 is 0 Å². The van der Waals surface area contributed by atoms with Crippen molar-refractivity contribution >= 4 is 0 Å². The summed E-state index contributed by atoms with van der Waals surface area (Å²) in [5.41, 5.74) is 1.98. The molecule has 0 aliphatic carbocycles. The highest BCUT2D eigenvalue weighted by molar-refractivity contribution is 5.33. The molecule has 1 nitrogen and oxygen atoms in total. The monoisotopic (exact) mass is 313 g/mol. The second-order valence-electron chi connectivity index (χ2n) is 6.70. The zero-order valence-corrected chi connectivity index (χ0v) is 14.7. The maximum absolute atomic E-state index is 14.4. The highest BCUT2D eigenvalue weighted by atomic mass is 19.1. The van der Waals surface area contributed by atoms with Gasteiger partial charge in [0.05, 0.1) is 0 Å². The molecule has 0 saturated carbocycles. The molecule has 2 rings (SSSR count). The molecule has 1 atom stereocenters. The standard InChI is InChI=1S/C21H28FN/c1-16(2)23(17(3)4)15-14-19(18-10-6-5-7-11-18)20-12-8-9-13-21(20)22/h5-13,16-17,19H,14-15H2,1-4H3. The Morgan fingerprint density at radius 2 is 1.39 bits per heavy atom. The topological polar surface area (TPSA) is 3.24 Å². The lowest BCUT2D eigenvalue weighted by Gasteiger charge is -2.32. The van der Waals surface area contributed by atoms with Crippen LogP contribution in [0.3, 0.4) is 0 Å². The Labute approximate surface area is 140 Å². The molecule has 0 heterocycles. The molecule has 2 aromatic rings. The van der Waals surface area contributed by atoms with Crippen LogP contribution in [-0.2, 0) is 0 Å². The number of hydrogen-bond donors (Lipinski definition) is 0. The van der Waals surface area contributed by atoms with Crippen molar-refractivity contribution in [3.63, 3.8) is 0 Å². The van der Waals surface area contributed by atoms with E-state index in [-0.39, 0.29) is 11.7 Å². The molecule has 0 amide bonds. The Balaban J connectivity index is 2.27. The van der Waals surface area contributed by atoms with Crippen LogP contribution >= 0.6 is 0 Å². The summed E-state index contributed by atoms with van der Waals surface area (Å²) in [5.74, 6) is -0.0144. The number of hydrogen-bond acceptors (Lipinski definition) is 1. The van der Waals surface area contributed by atoms with E-state index in [1.165, 1.54) is 5.56 Å². The molecule has 0 aromatic heterocycles. The van der Waals surface area contributed by atoms with Gasteiger partial charge in [-0.25, -0.2) is 4.39 Å². The lowest BCUT2D eigenvalue weighted by molar-refractivity contribution is 0.170. The van der Waals surface area contributed by atoms with E-state index < -0.39 is 0 Å². The van der Waals surface area contributed by atoms with E-state index in [0.717, 1.165) is 18.5 Å². The van der Waals surface area contributed by atoms with E-state index in [2.05, 4.69) is 44.7 Å². The molecule has 0 aliphatic rings. The predicted octanol–water partition coefficient (Wildman–Crippen LogP) is 5.47. The van der Waals surface area contributed by atoms with Crippen molar-refractivity contribution in [1.29, 1.82) is 0 Å². The van der Waals surface area contributed by atoms with Gasteiger partial charge in [0.1, 0.15) is 5.82 Å². The van der Waals surface area contributed by atoms with Crippen molar-refractivity contribution in [2.75, 3.05) is 6.54 Å². The van der Waals surface area contributed by atoms with Gasteiger partial charge in [-0.2, -0.15) is 0 Å². The highest BCUT2D eigenvalue weighted by Crippen LogP contribution is 2.30. The summed E-state index contributed by atoms with van der Waals surface area (Å²) in [7, 11) is 0. The van der Waals surface area contributed by atoms with Gasteiger partial charge in [0, 0.05) is 18.0 Å². The van der Waals surface area contributed by atoms with Crippen LogP contribution in [0.1, 0.15) is 51.2 Å². The third kappa shape index (κ3) is 4.65. The van der Waals surface area contributed by atoms with Crippen LogP contribution < -0.4 is 0 Å². The van der Waals surface area contributed by atoms with Crippen LogP contribution in [-0.4, -0.2) is 23.5 Å². The molecule has 0 aliphatic heterocycles. The van der Waals surface area contributed by atoms with E-state index in [0.29, 0.717) is 12.1 Å². The zero-order chi connectivity index (χ0) is 16.8. The molecule has 124 valence electrons. The van der Waals surface area contributed by atoms with Gasteiger partial charge in [-0.1, -0.05) is 48.5 Å². The van der Waals surface area contributed by atoms with E-state index >= 15 is 0 Å². The Morgan fingerprint density at radius 3 is 1.96 bits per heavy atom. The predicted molar refractivity (Wildman–Crippen MR) is 96.3 cm³/mol. The summed E-state index contributed by atoms with van der Waals surface area (Å²) >= 11 is 0. The highest BCUT2D eigenvalue weighted by Gasteiger charge is 2.20. The molecule has 1 unspecified atom stereocenters. The Kier molecular flexibility index (Phi) is 6.35. The second-order valence-corrected chi connectivity index (χ2v) is 6.70. The maximum Gasteiger partial charge on any atom is 0.127 e. The van der Waals surface area contributed by atoms with E-state index in [4.69, 9.17) is 0 Å². The largest absolute Gasteiger partial charge is 0.299 e. The first-order valence-electron chi connectivity index (χ1n) is 8.55. The van der Waals surface area contributed by atoms with E-state index in [1.54, 1.807) is 12.1 Å². The maximum atomic E-state index is 14.4. The first kappa shape index (κ1) is 17.7. The minimum absolute atomic E-state index is 0.0948. The molecule has 0 radical (unpaired) electrons. The van der Waals surface area contributed by atoms with Gasteiger partial charge in [0.15, 0.2) is 0 Å². The number of rotatable bonds is 7. The molecule has 0 saturated heterocycles. The van der Waals surface area contributed by atoms with Crippen molar-refractivity contribution in [2.24, 2.45) is 0 Å². The van der Waals surface area contributed by atoms with Gasteiger partial charge in [-0.05, 0) is 57.9 Å². The zero-order valence-electron chi connectivity index (χ0n) is 14.7. The first-order chi connectivity index (χ1) is 11.0. The van der Waals surface area contributed by atoms with Crippen molar-refractivity contribution in [2.45, 2.75) is 52.1 Å². The molecule has 0 N–H and O–H groups in total. The Hall–Kier alpha value is -1.67. The fourth-order valence-corrected chi connectivity index (χ4v) is 3.34. The fraction of sp³-hybridized carbons (Fsp3) is 0.429. The number of nitrogens with zero attached hydrogens (tertiary/aromatic N) is 1. The lowest BCUT2D eigenvalue weighted by Crippen LogP contribution is -2.38. The third-order valence-corrected chi connectivity index (χ3v) is 4.49. The quantitative estimate of drug-likeness (QED) is 0.655. The van der Waals surface area contributed by atoms with Crippen molar-refractivity contribution in [3.8, 4) is 0 Å². The summed E-state index contributed by atoms with van der Waals surface area (Å²) in [5, 5.41) is 0. The molecule has 2 aromatic carbocycles. The molecule has 2 heteroatoms. The van der Waals surface area contributed by atoms with Crippen LogP contribution in [0.4, 0.5) is 4.39 Å². The summed E-state index contributed by atoms with van der Waals surface area (Å²) in [4.78, 5) is 2.47. The van der Waals surface area contributed by atoms with E-state index in [1.807, 2.05) is 30.3 Å². The average molecular weight is 313 g/mol. The van der Waals surface area contributed by atoms with Crippen LogP contribution in [0, 0.1) is 5.82 Å². The SMILES string of the molecule is CC(C)N(CCC(c1ccccc1)c1ccccc1F)C(C)C. The van der Waals surface area contributed by atoms with Crippen LogP contribution in [0.5, 0.6) is 0 Å². The second kappa shape index (κ2) is 8.26. The van der Waals surface area contributed by atoms with E-state index in [9.17, 15) is 4.39 Å². The molecular formula is C21H28FN. The molecular weight excluding hydrogens is 285 g/mol. The lowest BCUT2D eigenvalue weighted by atomic mass is 9.88. The molecule has 0 fully saturated rings. The summed E-state index contributed by atoms with van der Waals surface area (Å²) in [6.45, 7) is 9.85. The molecule has 0 bridgehead atoms. The van der Waals surface area contributed by atoms with Crippen LogP contribution in [0.2, 0.25) is 0 Å². The van der Waals surface area contributed by atoms with Crippen LogP contribution in [0.25, 0.3) is 0 Å². The summed E-state index contributed by atoms with van der Waals surface area (Å²) < 4.78 is 14.4. The van der Waals surface area contributed by atoms with Crippen molar-refractivity contribution < 1.29 is 4.39 Å². The van der Waals surface area contributed by atoms with Gasteiger partial charge in [-0.3, -0.25) is 4.90 Å². The smallest absolute Gasteiger partial charge is 0.127 e. The van der Waals surface area contributed by atoms with Crippen molar-refractivity contribution in [1.82, 2.24) is 4.90 Å². The van der Waals surface area contributed by atoms with Gasteiger partial charge >= 0.3 is 0 Å². The van der Waals surface area contributed by atoms with Gasteiger partial charge in [-0.15, -0.1) is 0 Å². The molecule has 23 heavy (non-hydrogen) atoms. The van der Waals surface area contributed by atoms with Gasteiger partial charge in [0.2, 0.25) is 0 Å². The number of benzene rings is 2. The summed E-state index contributed by atoms with van der Waals surface area (Å²) in [6, 6.07) is 18.4. The number of halogens is 1. The fourth-order valence-electron chi connectivity index (χ4n) is 3.34. The normalized spacial score (nSPS) is 13.0. The third-order valence-electron chi connectivity index (χ3n) is 4.49. The van der Waals surface area contributed by atoms with Crippen LogP contribution in [0.15, 0.2) is 54.6 Å². The Bertz CT molecular complexity index is 584. The first-order valence-corrected chi connectivity index (χ1v) is 8.55. The Morgan fingerprint density at radius 1 is 0.826 bits per heavy atom. The van der Waals surface area contributed by atoms with Gasteiger partial charge in [0.25, 0.3) is 0 Å². The summed E-state index contributed by atoms with van der Waals surface area (Å²) in [6.07, 6.45) is 0.918. The molecule has 0 spiro atoms. The van der Waals surface area contributed by atoms with Crippen molar-refractivity contribution in [3.05, 3.63) is 71.5 Å². The minimum Gasteiger partial charge on any atom is -0.299 e. The minimum atomic E-state index is -0.109. The average Bonchev–Trinajstić information content (AvgIpc) is 2.53.